The first-order chi connectivity index (χ1) is 8.62. The van der Waals surface area contributed by atoms with Crippen LogP contribution in [0.1, 0.15) is 33.3 Å². The number of nitriles is 1. The summed E-state index contributed by atoms with van der Waals surface area (Å²) in [6.45, 7) is 8.92. The Balaban J connectivity index is 3.20. The second kappa shape index (κ2) is 6.64. The Morgan fingerprint density at radius 3 is 2.56 bits per heavy atom. The zero-order valence-electron chi connectivity index (χ0n) is 11.2. The van der Waals surface area contributed by atoms with Gasteiger partial charge in [0.15, 0.2) is 11.4 Å². The summed E-state index contributed by atoms with van der Waals surface area (Å²) in [5, 5.41) is 15.3. The van der Waals surface area contributed by atoms with Crippen molar-refractivity contribution in [2.75, 3.05) is 23.8 Å². The molecule has 2 N–H and O–H groups in total. The quantitative estimate of drug-likeness (QED) is 0.802. The van der Waals surface area contributed by atoms with Crippen LogP contribution in [-0.2, 0) is 0 Å². The van der Waals surface area contributed by atoms with Gasteiger partial charge in [-0.3, -0.25) is 0 Å². The fraction of sp³-hybridized carbons (Fsp3) is 0.583. The highest BCUT2D eigenvalue weighted by molar-refractivity contribution is 5.59. The molecule has 18 heavy (non-hydrogen) atoms. The van der Waals surface area contributed by atoms with Gasteiger partial charge in [-0.05, 0) is 27.7 Å². The van der Waals surface area contributed by atoms with Crippen LogP contribution in [0.4, 0.5) is 11.8 Å². The molecular weight excluding hydrogens is 230 g/mol. The maximum atomic E-state index is 9.15. The van der Waals surface area contributed by atoms with Gasteiger partial charge in [-0.2, -0.15) is 15.2 Å². The summed E-state index contributed by atoms with van der Waals surface area (Å²) in [6.07, 6.45) is 0. The Hall–Kier alpha value is -2.03. The molecule has 0 bridgehead atoms. The van der Waals surface area contributed by atoms with Crippen molar-refractivity contribution in [2.24, 2.45) is 0 Å². The molecule has 1 aromatic rings. The molecule has 6 heteroatoms. The number of ether oxygens (including phenoxy) is 1. The highest BCUT2D eigenvalue weighted by Gasteiger charge is 2.15. The number of hydrogen-bond acceptors (Lipinski definition) is 6. The molecule has 0 fully saturated rings. The molecule has 0 aliphatic heterocycles. The summed E-state index contributed by atoms with van der Waals surface area (Å²) in [5.74, 6) is 1.28. The fourth-order valence-electron chi connectivity index (χ4n) is 1.40. The summed E-state index contributed by atoms with van der Waals surface area (Å²) < 4.78 is 5.38. The molecule has 0 aliphatic carbocycles. The smallest absolute Gasteiger partial charge is 0.238 e. The monoisotopic (exact) mass is 249 g/mol. The molecule has 6 nitrogen and oxygen atoms in total. The Morgan fingerprint density at radius 2 is 2.06 bits per heavy atom. The van der Waals surface area contributed by atoms with Crippen LogP contribution in [0.15, 0.2) is 0 Å². The van der Waals surface area contributed by atoms with Gasteiger partial charge in [-0.15, -0.1) is 0 Å². The number of hydrogen-bond donors (Lipinski definition) is 2. The van der Waals surface area contributed by atoms with Crippen LogP contribution < -0.4 is 15.4 Å². The summed E-state index contributed by atoms with van der Waals surface area (Å²) >= 11 is 0. The lowest BCUT2D eigenvalue weighted by molar-refractivity contribution is 0.326. The highest BCUT2D eigenvalue weighted by Crippen LogP contribution is 2.24. The first-order valence-electron chi connectivity index (χ1n) is 6.07. The highest BCUT2D eigenvalue weighted by atomic mass is 16.5. The van der Waals surface area contributed by atoms with Crippen molar-refractivity contribution in [3.8, 4) is 11.9 Å². The van der Waals surface area contributed by atoms with E-state index < -0.39 is 0 Å². The maximum absolute atomic E-state index is 9.15. The minimum Gasteiger partial charge on any atom is -0.477 e. The Bertz CT molecular complexity index is 412. The zero-order chi connectivity index (χ0) is 13.5. The van der Waals surface area contributed by atoms with E-state index in [2.05, 4.69) is 26.7 Å². The average molecular weight is 249 g/mol. The maximum Gasteiger partial charge on any atom is 0.238 e. The van der Waals surface area contributed by atoms with Gasteiger partial charge in [0.1, 0.15) is 6.07 Å². The van der Waals surface area contributed by atoms with E-state index in [1.165, 1.54) is 0 Å². The molecule has 0 unspecified atom stereocenters. The van der Waals surface area contributed by atoms with Gasteiger partial charge in [0, 0.05) is 12.6 Å². The van der Waals surface area contributed by atoms with E-state index in [4.69, 9.17) is 10.00 Å². The SMILES string of the molecule is CCNc1nc(NC(C)C)nc(OCC)c1C#N. The van der Waals surface area contributed by atoms with Crippen molar-refractivity contribution in [2.45, 2.75) is 33.7 Å². The number of nitrogens with one attached hydrogen (secondary N) is 2. The largest absolute Gasteiger partial charge is 0.477 e. The fourth-order valence-corrected chi connectivity index (χ4v) is 1.40. The first kappa shape index (κ1) is 14.0. The van der Waals surface area contributed by atoms with Gasteiger partial charge in [0.2, 0.25) is 11.8 Å². The molecule has 0 saturated carbocycles. The van der Waals surface area contributed by atoms with Crippen LogP contribution in [0.25, 0.3) is 0 Å². The molecule has 0 saturated heterocycles. The van der Waals surface area contributed by atoms with Crippen molar-refractivity contribution in [3.05, 3.63) is 5.56 Å². The van der Waals surface area contributed by atoms with Crippen molar-refractivity contribution in [1.82, 2.24) is 9.97 Å². The first-order valence-corrected chi connectivity index (χ1v) is 6.07. The Labute approximate surface area is 107 Å². The van der Waals surface area contributed by atoms with Crippen LogP contribution >= 0.6 is 0 Å². The number of aromatic nitrogens is 2. The second-order valence-electron chi connectivity index (χ2n) is 3.95. The van der Waals surface area contributed by atoms with E-state index in [-0.39, 0.29) is 6.04 Å². The third-order valence-electron chi connectivity index (χ3n) is 2.03. The molecule has 0 amide bonds. The molecule has 0 aliphatic rings. The van der Waals surface area contributed by atoms with Crippen LogP contribution in [-0.4, -0.2) is 29.2 Å². The van der Waals surface area contributed by atoms with Gasteiger partial charge in [-0.1, -0.05) is 0 Å². The van der Waals surface area contributed by atoms with Gasteiger partial charge in [0.25, 0.3) is 0 Å². The van der Waals surface area contributed by atoms with Crippen molar-refractivity contribution < 1.29 is 4.74 Å². The van der Waals surface area contributed by atoms with Crippen molar-refractivity contribution in [1.29, 1.82) is 5.26 Å². The lowest BCUT2D eigenvalue weighted by atomic mass is 10.3. The van der Waals surface area contributed by atoms with E-state index >= 15 is 0 Å². The standard InChI is InChI=1S/C12H19N5O/c1-5-14-10-9(7-13)11(18-6-2)17-12(16-10)15-8(3)4/h8H,5-6H2,1-4H3,(H2,14,15,16,17). The summed E-state index contributed by atoms with van der Waals surface area (Å²) in [4.78, 5) is 8.49. The lowest BCUT2D eigenvalue weighted by Crippen LogP contribution is -2.15. The zero-order valence-corrected chi connectivity index (χ0v) is 11.2. The molecular formula is C12H19N5O. The molecule has 1 rings (SSSR count). The number of anilines is 2. The molecule has 0 aromatic carbocycles. The minimum atomic E-state index is 0.210. The predicted octanol–water partition coefficient (Wildman–Crippen LogP) is 2.00. The molecule has 1 heterocycles. The van der Waals surface area contributed by atoms with E-state index in [9.17, 15) is 0 Å². The van der Waals surface area contributed by atoms with Gasteiger partial charge < -0.3 is 15.4 Å². The summed E-state index contributed by atoms with van der Waals surface area (Å²) in [6, 6.07) is 2.28. The summed E-state index contributed by atoms with van der Waals surface area (Å²) in [5.41, 5.74) is 0.341. The van der Waals surface area contributed by atoms with Gasteiger partial charge in [0.05, 0.1) is 6.61 Å². The Kier molecular flexibility index (Phi) is 5.18. The molecule has 0 radical (unpaired) electrons. The molecule has 1 aromatic heterocycles. The average Bonchev–Trinajstić information content (AvgIpc) is 2.29. The second-order valence-corrected chi connectivity index (χ2v) is 3.95. The van der Waals surface area contributed by atoms with Gasteiger partial charge >= 0.3 is 0 Å². The third kappa shape index (κ3) is 3.48. The van der Waals surface area contributed by atoms with E-state index in [0.29, 0.717) is 36.4 Å². The topological polar surface area (TPSA) is 82.9 Å². The third-order valence-corrected chi connectivity index (χ3v) is 2.03. The molecule has 0 atom stereocenters. The normalized spacial score (nSPS) is 10.0. The van der Waals surface area contributed by atoms with Crippen molar-refractivity contribution in [3.63, 3.8) is 0 Å². The van der Waals surface area contributed by atoms with Gasteiger partial charge in [-0.25, -0.2) is 0 Å². The van der Waals surface area contributed by atoms with Crippen LogP contribution in [0.2, 0.25) is 0 Å². The molecule has 0 spiro atoms. The Morgan fingerprint density at radius 1 is 1.33 bits per heavy atom. The number of rotatable bonds is 6. The van der Waals surface area contributed by atoms with E-state index in [0.717, 1.165) is 0 Å². The lowest BCUT2D eigenvalue weighted by Gasteiger charge is -2.14. The predicted molar refractivity (Wildman–Crippen MR) is 70.8 cm³/mol. The molecule has 98 valence electrons. The number of nitrogens with zero attached hydrogens (tertiary/aromatic N) is 3. The van der Waals surface area contributed by atoms with Crippen LogP contribution in [0, 0.1) is 11.3 Å². The van der Waals surface area contributed by atoms with Crippen LogP contribution in [0.5, 0.6) is 5.88 Å². The van der Waals surface area contributed by atoms with E-state index in [1.54, 1.807) is 0 Å². The summed E-state index contributed by atoms with van der Waals surface area (Å²) in [7, 11) is 0. The van der Waals surface area contributed by atoms with Crippen molar-refractivity contribution >= 4 is 11.8 Å². The van der Waals surface area contributed by atoms with Crippen LogP contribution in [0.3, 0.4) is 0 Å². The van der Waals surface area contributed by atoms with E-state index in [1.807, 2.05) is 27.7 Å². The minimum absolute atomic E-state index is 0.210.